The molecule has 3 nitrogen and oxygen atoms in total. The van der Waals surface area contributed by atoms with Gasteiger partial charge in [-0.05, 0) is 68.8 Å². The first-order valence-corrected chi connectivity index (χ1v) is 9.30. The van der Waals surface area contributed by atoms with Crippen LogP contribution in [0.5, 0.6) is 5.75 Å². The fraction of sp³-hybridized carbons (Fsp3) is 0.455. The molecule has 0 amide bonds. The minimum Gasteiger partial charge on any atom is -0.489 e. The largest absolute Gasteiger partial charge is 0.489 e. The van der Waals surface area contributed by atoms with Crippen molar-refractivity contribution in [2.45, 2.75) is 57.4 Å². The van der Waals surface area contributed by atoms with Crippen molar-refractivity contribution in [2.75, 3.05) is 7.05 Å². The Morgan fingerprint density at radius 1 is 1.00 bits per heavy atom. The highest BCUT2D eigenvalue weighted by Gasteiger charge is 2.26. The van der Waals surface area contributed by atoms with Crippen LogP contribution in [0.25, 0.3) is 0 Å². The number of benzene rings is 2. The highest BCUT2D eigenvalue weighted by atomic mass is 16.5. The van der Waals surface area contributed by atoms with Crippen molar-refractivity contribution in [1.29, 1.82) is 0 Å². The van der Waals surface area contributed by atoms with Gasteiger partial charge in [-0.15, -0.1) is 0 Å². The summed E-state index contributed by atoms with van der Waals surface area (Å²) in [6.45, 7) is 2.46. The van der Waals surface area contributed by atoms with Crippen LogP contribution < -0.4 is 4.74 Å². The first kappa shape index (κ1) is 18.0. The number of nitrogens with zero attached hydrogens (tertiary/aromatic N) is 1. The predicted octanol–water partition coefficient (Wildman–Crippen LogP) is 4.56. The van der Waals surface area contributed by atoms with Gasteiger partial charge in [-0.1, -0.05) is 42.5 Å². The van der Waals surface area contributed by atoms with E-state index in [9.17, 15) is 5.11 Å². The molecule has 1 N–H and O–H groups in total. The smallest absolute Gasteiger partial charge is 0.119 e. The van der Waals surface area contributed by atoms with E-state index < -0.39 is 0 Å². The number of aliphatic hydroxyl groups is 1. The Bertz CT molecular complexity index is 631. The number of ether oxygens (including phenoxy) is 1. The van der Waals surface area contributed by atoms with Gasteiger partial charge in [0.1, 0.15) is 18.6 Å². The summed E-state index contributed by atoms with van der Waals surface area (Å²) in [6, 6.07) is 19.4. The Balaban J connectivity index is 1.51. The van der Waals surface area contributed by atoms with Gasteiger partial charge in [0.15, 0.2) is 0 Å². The molecule has 0 saturated heterocycles. The van der Waals surface area contributed by atoms with Crippen LogP contribution in [0.4, 0.5) is 0 Å². The quantitative estimate of drug-likeness (QED) is 0.783. The molecule has 2 aromatic rings. The van der Waals surface area contributed by atoms with Gasteiger partial charge in [0.05, 0.1) is 0 Å². The molecule has 0 radical (unpaired) electrons. The number of rotatable bonds is 6. The zero-order valence-corrected chi connectivity index (χ0v) is 15.3. The van der Waals surface area contributed by atoms with Crippen LogP contribution in [0.2, 0.25) is 0 Å². The number of hydrogen-bond donors (Lipinski definition) is 1. The number of hydrogen-bond acceptors (Lipinski definition) is 3. The third-order valence-corrected chi connectivity index (χ3v) is 5.46. The van der Waals surface area contributed by atoms with E-state index >= 15 is 0 Å². The Labute approximate surface area is 151 Å². The lowest BCUT2D eigenvalue weighted by Gasteiger charge is -2.36. The second-order valence-corrected chi connectivity index (χ2v) is 7.15. The van der Waals surface area contributed by atoms with E-state index in [2.05, 4.69) is 41.3 Å². The van der Waals surface area contributed by atoms with E-state index in [1.807, 2.05) is 32.2 Å². The lowest BCUT2D eigenvalue weighted by Crippen LogP contribution is -2.40. The van der Waals surface area contributed by atoms with Crippen LogP contribution in [0.15, 0.2) is 54.6 Å². The van der Waals surface area contributed by atoms with E-state index in [0.717, 1.165) is 18.6 Å². The van der Waals surface area contributed by atoms with E-state index in [4.69, 9.17) is 4.74 Å². The molecular weight excluding hydrogens is 310 g/mol. The van der Waals surface area contributed by atoms with Gasteiger partial charge < -0.3 is 9.84 Å². The summed E-state index contributed by atoms with van der Waals surface area (Å²) in [5.41, 5.74) is 2.59. The summed E-state index contributed by atoms with van der Waals surface area (Å²) in [5.74, 6) is 1.55. The molecule has 2 aromatic carbocycles. The zero-order chi connectivity index (χ0) is 17.6. The van der Waals surface area contributed by atoms with Crippen molar-refractivity contribution >= 4 is 0 Å². The summed E-state index contributed by atoms with van der Waals surface area (Å²) in [6.07, 6.45) is 4.32. The summed E-state index contributed by atoms with van der Waals surface area (Å²) in [5, 5.41) is 9.73. The van der Waals surface area contributed by atoms with Gasteiger partial charge in [0.25, 0.3) is 0 Å². The molecule has 1 aliphatic carbocycles. The highest BCUT2D eigenvalue weighted by molar-refractivity contribution is 5.30. The van der Waals surface area contributed by atoms with Gasteiger partial charge in [0, 0.05) is 6.04 Å². The molecule has 0 spiro atoms. The summed E-state index contributed by atoms with van der Waals surface area (Å²) in [7, 11) is 2.02. The van der Waals surface area contributed by atoms with Gasteiger partial charge >= 0.3 is 0 Å². The molecule has 1 aliphatic rings. The fourth-order valence-electron chi connectivity index (χ4n) is 3.70. The maximum Gasteiger partial charge on any atom is 0.119 e. The average molecular weight is 339 g/mol. The molecule has 1 saturated carbocycles. The van der Waals surface area contributed by atoms with Crippen molar-refractivity contribution < 1.29 is 9.84 Å². The average Bonchev–Trinajstić information content (AvgIpc) is 2.67. The third kappa shape index (κ3) is 4.83. The number of aliphatic hydroxyl groups excluding tert-OH is 1. The minimum absolute atomic E-state index is 0.359. The van der Waals surface area contributed by atoms with Gasteiger partial charge in [-0.2, -0.15) is 0 Å². The SMILES string of the molecule is CC(O)N(C)C1CCC(c2ccc(OCc3ccccc3)cc2)CC1. The molecule has 0 aromatic heterocycles. The zero-order valence-electron chi connectivity index (χ0n) is 15.3. The summed E-state index contributed by atoms with van der Waals surface area (Å²) >= 11 is 0. The fourth-order valence-corrected chi connectivity index (χ4v) is 3.70. The molecule has 0 aliphatic heterocycles. The lowest BCUT2D eigenvalue weighted by atomic mass is 9.81. The Morgan fingerprint density at radius 2 is 1.64 bits per heavy atom. The third-order valence-electron chi connectivity index (χ3n) is 5.46. The van der Waals surface area contributed by atoms with E-state index in [-0.39, 0.29) is 6.23 Å². The maximum atomic E-state index is 9.73. The van der Waals surface area contributed by atoms with Crippen LogP contribution in [0, 0.1) is 0 Å². The molecule has 0 heterocycles. The van der Waals surface area contributed by atoms with Crippen molar-refractivity contribution in [3.05, 3.63) is 65.7 Å². The molecular formula is C22H29NO2. The van der Waals surface area contributed by atoms with Crippen LogP contribution in [-0.4, -0.2) is 29.3 Å². The molecule has 1 atom stereocenters. The lowest BCUT2D eigenvalue weighted by molar-refractivity contribution is -0.00347. The topological polar surface area (TPSA) is 32.7 Å². The first-order chi connectivity index (χ1) is 12.1. The van der Waals surface area contributed by atoms with Crippen molar-refractivity contribution in [2.24, 2.45) is 0 Å². The molecule has 0 bridgehead atoms. The van der Waals surface area contributed by atoms with Crippen LogP contribution in [-0.2, 0) is 6.61 Å². The molecule has 134 valence electrons. The molecule has 3 heteroatoms. The Kier molecular flexibility index (Phi) is 6.11. The minimum atomic E-state index is -0.359. The predicted molar refractivity (Wildman–Crippen MR) is 102 cm³/mol. The van der Waals surface area contributed by atoms with Gasteiger partial charge in [-0.3, -0.25) is 4.90 Å². The van der Waals surface area contributed by atoms with E-state index in [1.165, 1.54) is 24.0 Å². The summed E-state index contributed by atoms with van der Waals surface area (Å²) < 4.78 is 5.87. The standard InChI is InChI=1S/C22H29NO2/c1-17(24)23(2)21-12-8-19(9-13-21)20-10-14-22(15-11-20)25-16-18-6-4-3-5-7-18/h3-7,10-11,14-15,17,19,21,24H,8-9,12-13,16H2,1-2H3. The first-order valence-electron chi connectivity index (χ1n) is 9.30. The highest BCUT2D eigenvalue weighted by Crippen LogP contribution is 2.35. The molecule has 25 heavy (non-hydrogen) atoms. The van der Waals surface area contributed by atoms with E-state index in [0.29, 0.717) is 18.6 Å². The van der Waals surface area contributed by atoms with Crippen LogP contribution in [0.1, 0.15) is 49.7 Å². The second kappa shape index (κ2) is 8.50. The van der Waals surface area contributed by atoms with Gasteiger partial charge in [0.2, 0.25) is 0 Å². The van der Waals surface area contributed by atoms with Crippen LogP contribution in [0.3, 0.4) is 0 Å². The second-order valence-electron chi connectivity index (χ2n) is 7.15. The molecule has 3 rings (SSSR count). The van der Waals surface area contributed by atoms with E-state index in [1.54, 1.807) is 0 Å². The van der Waals surface area contributed by atoms with Gasteiger partial charge in [-0.25, -0.2) is 0 Å². The van der Waals surface area contributed by atoms with Crippen molar-refractivity contribution in [3.63, 3.8) is 0 Å². The monoisotopic (exact) mass is 339 g/mol. The Hall–Kier alpha value is -1.84. The maximum absolute atomic E-state index is 9.73. The van der Waals surface area contributed by atoms with Crippen LogP contribution >= 0.6 is 0 Å². The van der Waals surface area contributed by atoms with Crippen molar-refractivity contribution in [1.82, 2.24) is 4.90 Å². The molecule has 1 fully saturated rings. The normalized spacial score (nSPS) is 21.9. The Morgan fingerprint density at radius 3 is 2.24 bits per heavy atom. The van der Waals surface area contributed by atoms with Crippen molar-refractivity contribution in [3.8, 4) is 5.75 Å². The summed E-state index contributed by atoms with van der Waals surface area (Å²) in [4.78, 5) is 2.09. The molecule has 1 unspecified atom stereocenters.